The topological polar surface area (TPSA) is 20.3 Å². The molecule has 0 spiro atoms. The molecule has 1 unspecified atom stereocenters. The maximum atomic E-state index is 14.1. The molecule has 1 aliphatic heterocycles. The van der Waals surface area contributed by atoms with E-state index in [1.165, 1.54) is 24.3 Å². The molecule has 2 nitrogen and oxygen atoms in total. The Kier molecular flexibility index (Phi) is 5.49. The van der Waals surface area contributed by atoms with E-state index < -0.39 is 59.5 Å². The van der Waals surface area contributed by atoms with E-state index in [4.69, 9.17) is 11.6 Å². The number of amides is 1. The van der Waals surface area contributed by atoms with Crippen LogP contribution in [0.2, 0.25) is 5.02 Å². The lowest BCUT2D eigenvalue weighted by Gasteiger charge is -2.32. The molecule has 1 aliphatic rings. The molecule has 1 fully saturated rings. The predicted octanol–water partition coefficient (Wildman–Crippen LogP) is 6.61. The van der Waals surface area contributed by atoms with Crippen molar-refractivity contribution in [3.8, 4) is 0 Å². The van der Waals surface area contributed by atoms with Gasteiger partial charge in [0.15, 0.2) is 5.41 Å². The van der Waals surface area contributed by atoms with Crippen LogP contribution in [0.4, 0.5) is 45.2 Å². The van der Waals surface area contributed by atoms with Gasteiger partial charge in [-0.1, -0.05) is 17.7 Å². The highest BCUT2D eigenvalue weighted by Crippen LogP contribution is 2.51. The molecular weight excluding hydrogens is 465 g/mol. The number of carbonyl (C=O) groups excluding carboxylic acids is 1. The summed E-state index contributed by atoms with van der Waals surface area (Å²) in [5.74, 6) is -1.69. The molecular formula is C19H11ClF9NO. The van der Waals surface area contributed by atoms with Crippen molar-refractivity contribution in [1.82, 2.24) is 0 Å². The molecule has 0 radical (unpaired) electrons. The van der Waals surface area contributed by atoms with Crippen molar-refractivity contribution in [2.24, 2.45) is 0 Å². The van der Waals surface area contributed by atoms with E-state index in [0.717, 1.165) is 0 Å². The standard InChI is InChI=1S/C19H11ClF9NO/c20-13-2-1-3-14(9-13)30-5-4-16(15(30)31,19(27,28)29)10-6-11(17(21,22)23)8-12(7-10)18(24,25)26/h1-3,6-9H,4-5H2. The summed E-state index contributed by atoms with van der Waals surface area (Å²) in [5.41, 5.74) is -8.94. The van der Waals surface area contributed by atoms with Gasteiger partial charge in [-0.15, -0.1) is 0 Å². The molecule has 31 heavy (non-hydrogen) atoms. The second kappa shape index (κ2) is 7.32. The zero-order valence-corrected chi connectivity index (χ0v) is 15.8. The summed E-state index contributed by atoms with van der Waals surface area (Å²) in [6.07, 6.45) is -17.3. The summed E-state index contributed by atoms with van der Waals surface area (Å²) < 4.78 is 121. The predicted molar refractivity (Wildman–Crippen MR) is 92.6 cm³/mol. The summed E-state index contributed by atoms with van der Waals surface area (Å²) in [6, 6.07) is 4.74. The SMILES string of the molecule is O=C1N(c2cccc(Cl)c2)CCC1(c1cc(C(F)(F)F)cc(C(F)(F)F)c1)C(F)(F)F. The average molecular weight is 476 g/mol. The van der Waals surface area contributed by atoms with Gasteiger partial charge in [-0.25, -0.2) is 0 Å². The molecule has 0 bridgehead atoms. The molecule has 12 heteroatoms. The zero-order valence-electron chi connectivity index (χ0n) is 15.1. The van der Waals surface area contributed by atoms with Crippen LogP contribution in [0.15, 0.2) is 42.5 Å². The first kappa shape index (κ1) is 23.2. The van der Waals surface area contributed by atoms with Gasteiger partial charge < -0.3 is 4.90 Å². The van der Waals surface area contributed by atoms with E-state index in [-0.39, 0.29) is 28.9 Å². The molecule has 2 aromatic carbocycles. The Morgan fingerprint density at radius 1 is 0.839 bits per heavy atom. The average Bonchev–Trinajstić information content (AvgIpc) is 2.98. The molecule has 2 aromatic rings. The molecule has 3 rings (SSSR count). The van der Waals surface area contributed by atoms with Crippen molar-refractivity contribution in [2.45, 2.75) is 30.4 Å². The zero-order chi connectivity index (χ0) is 23.4. The van der Waals surface area contributed by atoms with Crippen LogP contribution < -0.4 is 4.90 Å². The Hall–Kier alpha value is -2.43. The summed E-state index contributed by atoms with van der Waals surface area (Å²) in [5, 5.41) is 0.0771. The van der Waals surface area contributed by atoms with E-state index in [1.807, 2.05) is 0 Å². The van der Waals surface area contributed by atoms with Crippen LogP contribution in [0.5, 0.6) is 0 Å². The van der Waals surface area contributed by atoms with Crippen LogP contribution in [-0.4, -0.2) is 18.6 Å². The second-order valence-electron chi connectivity index (χ2n) is 6.88. The normalized spacial score (nSPS) is 20.5. The lowest BCUT2D eigenvalue weighted by molar-refractivity contribution is -0.191. The first-order chi connectivity index (χ1) is 14.1. The van der Waals surface area contributed by atoms with E-state index in [0.29, 0.717) is 4.90 Å². The monoisotopic (exact) mass is 475 g/mol. The number of alkyl halides is 9. The highest BCUT2D eigenvalue weighted by Gasteiger charge is 2.66. The minimum atomic E-state index is -5.47. The Bertz CT molecular complexity index is 980. The quantitative estimate of drug-likeness (QED) is 0.447. The van der Waals surface area contributed by atoms with Gasteiger partial charge in [-0.2, -0.15) is 39.5 Å². The number of halogens is 10. The number of hydrogen-bond donors (Lipinski definition) is 0. The number of rotatable bonds is 2. The van der Waals surface area contributed by atoms with Crippen molar-refractivity contribution in [1.29, 1.82) is 0 Å². The molecule has 0 aromatic heterocycles. The van der Waals surface area contributed by atoms with Crippen molar-refractivity contribution in [3.63, 3.8) is 0 Å². The molecule has 0 N–H and O–H groups in total. The summed E-state index contributed by atoms with van der Waals surface area (Å²) in [4.78, 5) is 13.6. The first-order valence-electron chi connectivity index (χ1n) is 8.51. The molecule has 1 amide bonds. The van der Waals surface area contributed by atoms with Crippen LogP contribution in [0.3, 0.4) is 0 Å². The third-order valence-corrected chi connectivity index (χ3v) is 5.24. The van der Waals surface area contributed by atoms with E-state index in [2.05, 4.69) is 0 Å². The van der Waals surface area contributed by atoms with Gasteiger partial charge in [0.1, 0.15) is 0 Å². The number of benzene rings is 2. The maximum absolute atomic E-state index is 14.1. The van der Waals surface area contributed by atoms with Crippen LogP contribution >= 0.6 is 11.6 Å². The Morgan fingerprint density at radius 2 is 1.39 bits per heavy atom. The third-order valence-electron chi connectivity index (χ3n) is 5.00. The van der Waals surface area contributed by atoms with E-state index in [9.17, 15) is 44.3 Å². The van der Waals surface area contributed by atoms with Crippen LogP contribution in [-0.2, 0) is 22.6 Å². The Balaban J connectivity index is 2.24. The fourth-order valence-corrected chi connectivity index (χ4v) is 3.69. The molecule has 1 atom stereocenters. The van der Waals surface area contributed by atoms with Gasteiger partial charge in [0.05, 0.1) is 11.1 Å². The van der Waals surface area contributed by atoms with Gasteiger partial charge in [-0.05, 0) is 48.4 Å². The largest absolute Gasteiger partial charge is 0.416 e. The number of hydrogen-bond acceptors (Lipinski definition) is 1. The van der Waals surface area contributed by atoms with Crippen molar-refractivity contribution in [2.75, 3.05) is 11.4 Å². The number of carbonyl (C=O) groups is 1. The van der Waals surface area contributed by atoms with Gasteiger partial charge in [0.25, 0.3) is 0 Å². The number of nitrogens with zero attached hydrogens (tertiary/aromatic N) is 1. The fourth-order valence-electron chi connectivity index (χ4n) is 3.50. The van der Waals surface area contributed by atoms with Crippen LogP contribution in [0.25, 0.3) is 0 Å². The van der Waals surface area contributed by atoms with Gasteiger partial charge in [-0.3, -0.25) is 4.79 Å². The molecule has 168 valence electrons. The van der Waals surface area contributed by atoms with Crippen molar-refractivity contribution >= 4 is 23.2 Å². The lowest BCUT2D eigenvalue weighted by Crippen LogP contribution is -2.49. The smallest absolute Gasteiger partial charge is 0.311 e. The highest BCUT2D eigenvalue weighted by molar-refractivity contribution is 6.31. The Morgan fingerprint density at radius 3 is 1.84 bits per heavy atom. The van der Waals surface area contributed by atoms with Gasteiger partial charge in [0, 0.05) is 17.3 Å². The lowest BCUT2D eigenvalue weighted by atomic mass is 9.77. The minimum absolute atomic E-state index is 0.0535. The second-order valence-corrected chi connectivity index (χ2v) is 7.32. The Labute approximate surface area is 174 Å². The number of anilines is 1. The van der Waals surface area contributed by atoms with Crippen LogP contribution in [0, 0.1) is 0 Å². The molecule has 1 saturated heterocycles. The molecule has 1 heterocycles. The van der Waals surface area contributed by atoms with E-state index >= 15 is 0 Å². The van der Waals surface area contributed by atoms with Crippen molar-refractivity contribution in [3.05, 3.63) is 64.2 Å². The summed E-state index contributed by atoms with van der Waals surface area (Å²) in [6.45, 7) is -0.587. The molecule has 0 saturated carbocycles. The minimum Gasteiger partial charge on any atom is -0.311 e. The van der Waals surface area contributed by atoms with E-state index in [1.54, 1.807) is 0 Å². The summed E-state index contributed by atoms with van der Waals surface area (Å²) in [7, 11) is 0. The fraction of sp³-hybridized carbons (Fsp3) is 0.316. The summed E-state index contributed by atoms with van der Waals surface area (Å²) >= 11 is 5.78. The van der Waals surface area contributed by atoms with Gasteiger partial charge in [0.2, 0.25) is 5.91 Å². The first-order valence-corrected chi connectivity index (χ1v) is 8.89. The maximum Gasteiger partial charge on any atom is 0.416 e. The van der Waals surface area contributed by atoms with Crippen LogP contribution in [0.1, 0.15) is 23.1 Å². The van der Waals surface area contributed by atoms with Crippen molar-refractivity contribution < 1.29 is 44.3 Å². The molecule has 0 aliphatic carbocycles. The third kappa shape index (κ3) is 4.07. The van der Waals surface area contributed by atoms with Gasteiger partial charge >= 0.3 is 18.5 Å². The highest BCUT2D eigenvalue weighted by atomic mass is 35.5.